The van der Waals surface area contributed by atoms with E-state index in [4.69, 9.17) is 41.9 Å². The number of ether oxygens (including phenoxy) is 4. The predicted molar refractivity (Wildman–Crippen MR) is 183 cm³/mol. The summed E-state index contributed by atoms with van der Waals surface area (Å²) in [5, 5.41) is 0. The quantitative estimate of drug-likeness (QED) is 0.0594. The maximum absolute atomic E-state index is 13.4. The van der Waals surface area contributed by atoms with Gasteiger partial charge in [0.1, 0.15) is 12.1 Å². The fraction of sp³-hybridized carbons (Fsp3) is 0.444. The van der Waals surface area contributed by atoms with Crippen molar-refractivity contribution < 1.29 is 38.1 Å². The van der Waals surface area contributed by atoms with Crippen LogP contribution in [0.4, 0.5) is 0 Å². The Hall–Kier alpha value is -4.36. The zero-order valence-electron chi connectivity index (χ0n) is 27.8. The first-order chi connectivity index (χ1) is 23.1. The first kappa shape index (κ1) is 38.1. The lowest BCUT2D eigenvalue weighted by atomic mass is 9.81. The van der Waals surface area contributed by atoms with Crippen LogP contribution < -0.4 is 41.9 Å². The van der Waals surface area contributed by atoms with Crippen molar-refractivity contribution in [3.8, 4) is 23.0 Å². The van der Waals surface area contributed by atoms with E-state index in [0.29, 0.717) is 73.4 Å². The van der Waals surface area contributed by atoms with E-state index in [2.05, 4.69) is 0 Å². The highest BCUT2D eigenvalue weighted by Crippen LogP contribution is 2.33. The second-order valence-corrected chi connectivity index (χ2v) is 11.7. The third kappa shape index (κ3) is 11.1. The number of hydrogen-bond acceptors (Lipinski definition) is 12. The van der Waals surface area contributed by atoms with Crippen LogP contribution in [0.1, 0.15) is 68.9 Å². The van der Waals surface area contributed by atoms with Crippen LogP contribution in [0.5, 0.6) is 23.0 Å². The second-order valence-electron chi connectivity index (χ2n) is 11.7. The Bertz CT molecular complexity index is 1490. The molecule has 0 heterocycles. The van der Waals surface area contributed by atoms with E-state index in [9.17, 15) is 19.2 Å². The number of hydrogen-bond donors (Lipinski definition) is 4. The van der Waals surface area contributed by atoms with Gasteiger partial charge in [-0.25, -0.2) is 9.59 Å². The number of benzene rings is 2. The van der Waals surface area contributed by atoms with Gasteiger partial charge in [0, 0.05) is 0 Å². The molecule has 0 amide bonds. The van der Waals surface area contributed by atoms with Crippen molar-refractivity contribution >= 4 is 35.7 Å². The van der Waals surface area contributed by atoms with E-state index in [-0.39, 0.29) is 23.1 Å². The fourth-order valence-corrected chi connectivity index (χ4v) is 5.24. The summed E-state index contributed by atoms with van der Waals surface area (Å²) in [5.41, 5.74) is 24.7. The van der Waals surface area contributed by atoms with E-state index in [1.807, 2.05) is 0 Å². The molecule has 3 rings (SSSR count). The Balaban J connectivity index is 1.66. The Labute approximate surface area is 281 Å². The fourth-order valence-electron chi connectivity index (χ4n) is 5.24. The standard InChI is InChI=1S/C36H48N4O8/c1-45-32-21-23(13-16-30(32)47-35(43)27(39)10-3-5-18-37)12-15-29(41)26-9-7-8-25(34(26)42)20-24-14-17-31(33(22-24)46-2)48-36(44)28(40)11-4-6-19-38/h12-17,20-22,26-28H,3-11,18-19,37-40H2,1-2H3/b15-12+,25-20+. The van der Waals surface area contributed by atoms with Crippen LogP contribution in [0.3, 0.4) is 0 Å². The van der Waals surface area contributed by atoms with Crippen molar-refractivity contribution in [2.75, 3.05) is 27.3 Å². The van der Waals surface area contributed by atoms with Crippen LogP contribution in [0, 0.1) is 5.92 Å². The summed E-state index contributed by atoms with van der Waals surface area (Å²) in [6.07, 6.45) is 10.2. The molecule has 0 spiro atoms. The first-order valence-electron chi connectivity index (χ1n) is 16.3. The molecule has 0 aliphatic heterocycles. The summed E-state index contributed by atoms with van der Waals surface area (Å²) in [6.45, 7) is 1.05. The number of nitrogens with two attached hydrogens (primary N) is 4. The largest absolute Gasteiger partial charge is 0.493 e. The number of unbranched alkanes of at least 4 members (excludes halogenated alkanes) is 2. The molecule has 1 aliphatic carbocycles. The zero-order valence-corrected chi connectivity index (χ0v) is 27.8. The van der Waals surface area contributed by atoms with E-state index < -0.39 is 29.9 Å². The van der Waals surface area contributed by atoms with Crippen LogP contribution in [-0.4, -0.2) is 62.9 Å². The summed E-state index contributed by atoms with van der Waals surface area (Å²) in [6, 6.07) is 8.28. The maximum Gasteiger partial charge on any atom is 0.328 e. The number of methoxy groups -OCH3 is 2. The Morgan fingerprint density at radius 3 is 1.83 bits per heavy atom. The van der Waals surface area contributed by atoms with Crippen LogP contribution in [0.15, 0.2) is 48.0 Å². The normalized spacial score (nSPS) is 16.8. The van der Waals surface area contributed by atoms with E-state index >= 15 is 0 Å². The zero-order chi connectivity index (χ0) is 35.1. The molecule has 0 saturated heterocycles. The number of allylic oxidation sites excluding steroid dienone is 2. The minimum Gasteiger partial charge on any atom is -0.493 e. The number of carbonyl (C=O) groups is 4. The highest BCUT2D eigenvalue weighted by molar-refractivity contribution is 6.16. The van der Waals surface area contributed by atoms with Crippen molar-refractivity contribution in [3.05, 3.63) is 59.2 Å². The molecule has 260 valence electrons. The van der Waals surface area contributed by atoms with Gasteiger partial charge in [0.2, 0.25) is 0 Å². The molecule has 2 aromatic carbocycles. The molecule has 0 aromatic heterocycles. The van der Waals surface area contributed by atoms with Crippen LogP contribution in [-0.2, 0) is 19.2 Å². The summed E-state index contributed by atoms with van der Waals surface area (Å²) >= 11 is 0. The van der Waals surface area contributed by atoms with Crippen LogP contribution in [0.2, 0.25) is 0 Å². The molecule has 0 radical (unpaired) electrons. The molecule has 2 aromatic rings. The smallest absolute Gasteiger partial charge is 0.328 e. The number of Topliss-reactive ketones (excluding diaryl/α,β-unsaturated/α-hetero) is 1. The van der Waals surface area contributed by atoms with Gasteiger partial charge in [-0.1, -0.05) is 31.1 Å². The minimum absolute atomic E-state index is 0.210. The van der Waals surface area contributed by atoms with Gasteiger partial charge >= 0.3 is 11.9 Å². The number of esters is 2. The lowest BCUT2D eigenvalue weighted by Gasteiger charge is -2.21. The molecule has 3 unspecified atom stereocenters. The molecule has 48 heavy (non-hydrogen) atoms. The third-order valence-electron chi connectivity index (χ3n) is 8.04. The van der Waals surface area contributed by atoms with Gasteiger partial charge in [0.15, 0.2) is 34.6 Å². The summed E-state index contributed by atoms with van der Waals surface area (Å²) in [5.74, 6) is -1.47. The van der Waals surface area contributed by atoms with Gasteiger partial charge in [0.25, 0.3) is 0 Å². The van der Waals surface area contributed by atoms with Gasteiger partial charge in [-0.2, -0.15) is 0 Å². The van der Waals surface area contributed by atoms with E-state index in [1.165, 1.54) is 20.3 Å². The van der Waals surface area contributed by atoms with Crippen molar-refractivity contribution in [2.24, 2.45) is 28.9 Å². The highest BCUT2D eigenvalue weighted by atomic mass is 16.6. The Morgan fingerprint density at radius 2 is 1.31 bits per heavy atom. The third-order valence-corrected chi connectivity index (χ3v) is 8.04. The van der Waals surface area contributed by atoms with Crippen LogP contribution >= 0.6 is 0 Å². The Kier molecular flexibility index (Phi) is 15.4. The molecule has 1 aliphatic rings. The molecular weight excluding hydrogens is 616 g/mol. The second kappa shape index (κ2) is 19.5. The number of rotatable bonds is 18. The number of carbonyl (C=O) groups excluding carboxylic acids is 4. The van der Waals surface area contributed by atoms with Crippen molar-refractivity contribution in [2.45, 2.75) is 69.9 Å². The molecule has 0 bridgehead atoms. The van der Waals surface area contributed by atoms with Crippen molar-refractivity contribution in [1.82, 2.24) is 0 Å². The number of ketones is 2. The highest BCUT2D eigenvalue weighted by Gasteiger charge is 2.31. The Morgan fingerprint density at radius 1 is 0.792 bits per heavy atom. The van der Waals surface area contributed by atoms with Gasteiger partial charge in [-0.05, 0) is 111 Å². The van der Waals surface area contributed by atoms with Gasteiger partial charge in [0.05, 0.1) is 20.1 Å². The average Bonchev–Trinajstić information content (AvgIpc) is 3.09. The maximum atomic E-state index is 13.4. The molecule has 12 nitrogen and oxygen atoms in total. The first-order valence-corrected chi connectivity index (χ1v) is 16.3. The topological polar surface area (TPSA) is 209 Å². The van der Waals surface area contributed by atoms with Gasteiger partial charge < -0.3 is 41.9 Å². The molecule has 3 atom stereocenters. The monoisotopic (exact) mass is 664 g/mol. The van der Waals surface area contributed by atoms with E-state index in [1.54, 1.807) is 48.6 Å². The van der Waals surface area contributed by atoms with E-state index in [0.717, 1.165) is 25.7 Å². The lowest BCUT2D eigenvalue weighted by Crippen LogP contribution is -2.34. The summed E-state index contributed by atoms with van der Waals surface area (Å²) in [7, 11) is 2.90. The van der Waals surface area contributed by atoms with Crippen LogP contribution in [0.25, 0.3) is 12.2 Å². The SMILES string of the molecule is COc1cc(/C=C/C(=O)C2CCC/C(=C\c3ccc(OC(=O)C(N)CCCCN)c(OC)c3)C2=O)ccc1OC(=O)C(N)CCCCN. The molecule has 12 heteroatoms. The summed E-state index contributed by atoms with van der Waals surface area (Å²) in [4.78, 5) is 51.4. The minimum atomic E-state index is -0.813. The van der Waals surface area contributed by atoms with Crippen molar-refractivity contribution in [3.63, 3.8) is 0 Å². The average molecular weight is 665 g/mol. The predicted octanol–water partition coefficient (Wildman–Crippen LogP) is 3.46. The molecule has 1 saturated carbocycles. The summed E-state index contributed by atoms with van der Waals surface area (Å²) < 4.78 is 21.7. The van der Waals surface area contributed by atoms with Gasteiger partial charge in [-0.3, -0.25) is 9.59 Å². The molecular formula is C36H48N4O8. The van der Waals surface area contributed by atoms with Gasteiger partial charge in [-0.15, -0.1) is 0 Å². The molecule has 1 fully saturated rings. The molecule has 8 N–H and O–H groups in total. The van der Waals surface area contributed by atoms with Crippen molar-refractivity contribution in [1.29, 1.82) is 0 Å². The lowest BCUT2D eigenvalue weighted by molar-refractivity contribution is -0.137.